The maximum atomic E-state index is 11.6. The van der Waals surface area contributed by atoms with Gasteiger partial charge in [0.05, 0.1) is 14.2 Å². The third-order valence-corrected chi connectivity index (χ3v) is 2.24. The van der Waals surface area contributed by atoms with Crippen LogP contribution in [0.3, 0.4) is 0 Å². The predicted molar refractivity (Wildman–Crippen MR) is 74.4 cm³/mol. The van der Waals surface area contributed by atoms with E-state index in [1.807, 2.05) is 32.9 Å². The highest BCUT2D eigenvalue weighted by Gasteiger charge is 2.14. The van der Waals surface area contributed by atoms with Gasteiger partial charge in [-0.2, -0.15) is 0 Å². The van der Waals surface area contributed by atoms with E-state index >= 15 is 0 Å². The van der Waals surface area contributed by atoms with Crippen LogP contribution in [0.4, 0.5) is 0 Å². The molecule has 0 aliphatic carbocycles. The van der Waals surface area contributed by atoms with Crippen molar-refractivity contribution < 1.29 is 19.0 Å². The number of methoxy groups -OCH3 is 2. The second kappa shape index (κ2) is 6.27. The van der Waals surface area contributed by atoms with E-state index in [0.717, 1.165) is 5.56 Å². The molecular formula is C15H20O4. The summed E-state index contributed by atoms with van der Waals surface area (Å²) in [5, 5.41) is 0. The van der Waals surface area contributed by atoms with Crippen LogP contribution in [0.15, 0.2) is 24.3 Å². The number of hydrogen-bond donors (Lipinski definition) is 0. The lowest BCUT2D eigenvalue weighted by atomic mass is 10.1. The van der Waals surface area contributed by atoms with Crippen molar-refractivity contribution in [3.8, 4) is 11.5 Å². The Morgan fingerprint density at radius 2 is 1.84 bits per heavy atom. The zero-order chi connectivity index (χ0) is 14.5. The lowest BCUT2D eigenvalue weighted by Gasteiger charge is -2.18. The quantitative estimate of drug-likeness (QED) is 0.619. The molecule has 1 aromatic carbocycles. The normalized spacial score (nSPS) is 11.4. The van der Waals surface area contributed by atoms with Crippen LogP contribution in [-0.4, -0.2) is 25.8 Å². The van der Waals surface area contributed by atoms with Crippen LogP contribution in [-0.2, 0) is 9.53 Å². The fourth-order valence-electron chi connectivity index (χ4n) is 1.54. The first kappa shape index (κ1) is 15.1. The van der Waals surface area contributed by atoms with Crippen LogP contribution < -0.4 is 9.47 Å². The Morgan fingerprint density at radius 3 is 2.37 bits per heavy atom. The Balaban J connectivity index is 2.90. The number of para-hydroxylation sites is 1. The Bertz CT molecular complexity index is 470. The van der Waals surface area contributed by atoms with Crippen LogP contribution in [0.2, 0.25) is 0 Å². The van der Waals surface area contributed by atoms with E-state index in [0.29, 0.717) is 11.5 Å². The lowest BCUT2D eigenvalue weighted by molar-refractivity contribution is -0.148. The van der Waals surface area contributed by atoms with Crippen molar-refractivity contribution in [3.63, 3.8) is 0 Å². The van der Waals surface area contributed by atoms with Crippen LogP contribution >= 0.6 is 0 Å². The fraction of sp³-hybridized carbons (Fsp3) is 0.400. The van der Waals surface area contributed by atoms with Crippen LogP contribution in [0.25, 0.3) is 6.08 Å². The fourth-order valence-corrected chi connectivity index (χ4v) is 1.54. The van der Waals surface area contributed by atoms with Gasteiger partial charge in [-0.1, -0.05) is 12.1 Å². The van der Waals surface area contributed by atoms with Gasteiger partial charge in [0.25, 0.3) is 0 Å². The molecule has 0 aromatic heterocycles. The molecule has 0 heterocycles. The summed E-state index contributed by atoms with van der Waals surface area (Å²) >= 11 is 0. The second-order valence-electron chi connectivity index (χ2n) is 4.95. The second-order valence-corrected chi connectivity index (χ2v) is 4.95. The smallest absolute Gasteiger partial charge is 0.331 e. The van der Waals surface area contributed by atoms with Crippen LogP contribution in [0.5, 0.6) is 11.5 Å². The molecule has 1 aromatic rings. The molecule has 0 radical (unpaired) electrons. The van der Waals surface area contributed by atoms with Gasteiger partial charge < -0.3 is 14.2 Å². The monoisotopic (exact) mass is 264 g/mol. The van der Waals surface area contributed by atoms with Gasteiger partial charge in [-0.25, -0.2) is 4.79 Å². The van der Waals surface area contributed by atoms with Gasteiger partial charge in [0.2, 0.25) is 0 Å². The number of hydrogen-bond acceptors (Lipinski definition) is 4. The van der Waals surface area contributed by atoms with E-state index in [4.69, 9.17) is 14.2 Å². The molecule has 0 amide bonds. The molecule has 4 heteroatoms. The van der Waals surface area contributed by atoms with Crippen molar-refractivity contribution in [1.82, 2.24) is 0 Å². The topological polar surface area (TPSA) is 44.8 Å². The zero-order valence-corrected chi connectivity index (χ0v) is 12.0. The first-order valence-corrected chi connectivity index (χ1v) is 5.99. The first-order valence-electron chi connectivity index (χ1n) is 5.99. The third kappa shape index (κ3) is 4.66. The molecule has 0 aliphatic heterocycles. The number of benzene rings is 1. The highest BCUT2D eigenvalue weighted by Crippen LogP contribution is 2.31. The van der Waals surface area contributed by atoms with Crippen molar-refractivity contribution >= 4 is 12.0 Å². The molecule has 0 fully saturated rings. The van der Waals surface area contributed by atoms with Crippen LogP contribution in [0, 0.1) is 0 Å². The molecule has 1 rings (SSSR count). The van der Waals surface area contributed by atoms with Gasteiger partial charge in [0, 0.05) is 11.6 Å². The number of carbonyl (C=O) groups is 1. The Kier molecular flexibility index (Phi) is 4.98. The summed E-state index contributed by atoms with van der Waals surface area (Å²) in [5.74, 6) is 0.816. The summed E-state index contributed by atoms with van der Waals surface area (Å²) < 4.78 is 15.7. The molecule has 0 saturated carbocycles. The van der Waals surface area contributed by atoms with E-state index < -0.39 is 11.6 Å². The third-order valence-electron chi connectivity index (χ3n) is 2.24. The minimum Gasteiger partial charge on any atom is -0.493 e. The number of rotatable bonds is 4. The molecule has 0 spiro atoms. The minimum atomic E-state index is -0.500. The number of carbonyl (C=O) groups excluding carboxylic acids is 1. The molecule has 19 heavy (non-hydrogen) atoms. The maximum Gasteiger partial charge on any atom is 0.331 e. The van der Waals surface area contributed by atoms with Crippen molar-refractivity contribution in [3.05, 3.63) is 29.8 Å². The molecule has 0 N–H and O–H groups in total. The molecule has 0 bridgehead atoms. The largest absolute Gasteiger partial charge is 0.493 e. The van der Waals surface area contributed by atoms with Gasteiger partial charge in [-0.3, -0.25) is 0 Å². The Labute approximate surface area is 114 Å². The average molecular weight is 264 g/mol. The number of ether oxygens (including phenoxy) is 3. The van der Waals surface area contributed by atoms with E-state index in [1.54, 1.807) is 26.4 Å². The van der Waals surface area contributed by atoms with Crippen molar-refractivity contribution in [1.29, 1.82) is 0 Å². The zero-order valence-electron chi connectivity index (χ0n) is 12.0. The lowest BCUT2D eigenvalue weighted by Crippen LogP contribution is -2.22. The van der Waals surface area contributed by atoms with Crippen molar-refractivity contribution in [2.24, 2.45) is 0 Å². The summed E-state index contributed by atoms with van der Waals surface area (Å²) in [6.45, 7) is 5.47. The average Bonchev–Trinajstić information content (AvgIpc) is 2.33. The summed E-state index contributed by atoms with van der Waals surface area (Å²) in [4.78, 5) is 11.6. The van der Waals surface area contributed by atoms with Gasteiger partial charge in [0.1, 0.15) is 5.60 Å². The van der Waals surface area contributed by atoms with Crippen LogP contribution in [0.1, 0.15) is 26.3 Å². The summed E-state index contributed by atoms with van der Waals surface area (Å²) in [5.41, 5.74) is 0.257. The highest BCUT2D eigenvalue weighted by atomic mass is 16.6. The molecule has 0 unspecified atom stereocenters. The maximum absolute atomic E-state index is 11.6. The van der Waals surface area contributed by atoms with Gasteiger partial charge in [-0.05, 0) is 32.9 Å². The summed E-state index contributed by atoms with van der Waals surface area (Å²) in [6, 6.07) is 5.46. The number of esters is 1. The predicted octanol–water partition coefficient (Wildman–Crippen LogP) is 3.06. The standard InChI is InChI=1S/C15H20O4/c1-15(2,3)19-13(16)10-9-11-7-6-8-12(17-4)14(11)18-5/h6-10H,1-5H3. The van der Waals surface area contributed by atoms with Gasteiger partial charge >= 0.3 is 5.97 Å². The van der Waals surface area contributed by atoms with Crippen molar-refractivity contribution in [2.75, 3.05) is 14.2 Å². The van der Waals surface area contributed by atoms with E-state index in [2.05, 4.69) is 0 Å². The Hall–Kier alpha value is -1.97. The molecule has 0 saturated heterocycles. The molecular weight excluding hydrogens is 244 g/mol. The Morgan fingerprint density at radius 1 is 1.16 bits per heavy atom. The molecule has 4 nitrogen and oxygen atoms in total. The molecule has 0 aliphatic rings. The van der Waals surface area contributed by atoms with Gasteiger partial charge in [0.15, 0.2) is 11.5 Å². The summed E-state index contributed by atoms with van der Waals surface area (Å²) in [7, 11) is 3.13. The first-order chi connectivity index (χ1) is 8.87. The molecule has 104 valence electrons. The van der Waals surface area contributed by atoms with E-state index in [1.165, 1.54) is 6.08 Å². The van der Waals surface area contributed by atoms with E-state index in [9.17, 15) is 4.79 Å². The minimum absolute atomic E-state index is 0.391. The van der Waals surface area contributed by atoms with Gasteiger partial charge in [-0.15, -0.1) is 0 Å². The summed E-state index contributed by atoms with van der Waals surface area (Å²) in [6.07, 6.45) is 3.03. The molecule has 0 atom stereocenters. The SMILES string of the molecule is COc1cccc(C=CC(=O)OC(C)(C)C)c1OC. The highest BCUT2D eigenvalue weighted by molar-refractivity contribution is 5.88. The van der Waals surface area contributed by atoms with E-state index in [-0.39, 0.29) is 0 Å². The van der Waals surface area contributed by atoms with Crippen molar-refractivity contribution in [2.45, 2.75) is 26.4 Å².